The van der Waals surface area contributed by atoms with Crippen molar-refractivity contribution < 1.29 is 14.6 Å². The fourth-order valence-corrected chi connectivity index (χ4v) is 8.58. The van der Waals surface area contributed by atoms with Crippen LogP contribution in [0.2, 0.25) is 0 Å². The normalized spacial score (nSPS) is 56.9. The third kappa shape index (κ3) is 0.840. The van der Waals surface area contributed by atoms with Crippen LogP contribution in [0.5, 0.6) is 11.5 Å². The zero-order valence-electron chi connectivity index (χ0n) is 13.3. The number of ether oxygens (including phenoxy) is 2. The molecule has 0 radical (unpaired) electrons. The van der Waals surface area contributed by atoms with Gasteiger partial charge in [-0.3, -0.25) is 0 Å². The minimum absolute atomic E-state index is 0.261. The minimum atomic E-state index is -0.261. The van der Waals surface area contributed by atoms with Crippen molar-refractivity contribution in [1.29, 1.82) is 0 Å². The Hall–Kier alpha value is -1.48. The van der Waals surface area contributed by atoms with Gasteiger partial charge in [0.05, 0.1) is 20.3 Å². The number of hydrogen-bond acceptors (Lipinski definition) is 3. The van der Waals surface area contributed by atoms with E-state index in [1.807, 2.05) is 0 Å². The summed E-state index contributed by atoms with van der Waals surface area (Å²) in [5, 5.41) is 10.3. The number of benzene rings is 1. The Morgan fingerprint density at radius 3 is 2.35 bits per heavy atom. The molecular formula is C20H20O3. The number of methoxy groups -OCH3 is 2. The summed E-state index contributed by atoms with van der Waals surface area (Å²) >= 11 is 0. The van der Waals surface area contributed by atoms with Gasteiger partial charge in [-0.2, -0.15) is 0 Å². The molecule has 1 aromatic carbocycles. The average molecular weight is 308 g/mol. The van der Waals surface area contributed by atoms with Crippen molar-refractivity contribution in [2.24, 2.45) is 34.5 Å². The van der Waals surface area contributed by atoms with Gasteiger partial charge < -0.3 is 14.6 Å². The van der Waals surface area contributed by atoms with Gasteiger partial charge in [-0.25, -0.2) is 0 Å². The lowest BCUT2D eigenvalue weighted by Crippen LogP contribution is -2.42. The quantitative estimate of drug-likeness (QED) is 0.854. The van der Waals surface area contributed by atoms with E-state index in [9.17, 15) is 5.11 Å². The second-order valence-corrected chi connectivity index (χ2v) is 8.57. The number of allylic oxidation sites excluding steroid dienone is 1. The molecule has 0 heterocycles. The van der Waals surface area contributed by atoms with E-state index in [-0.39, 0.29) is 6.10 Å². The van der Waals surface area contributed by atoms with E-state index in [4.69, 9.17) is 9.47 Å². The summed E-state index contributed by atoms with van der Waals surface area (Å²) in [6.07, 6.45) is 5.18. The first-order chi connectivity index (χ1) is 11.2. The molecule has 7 aliphatic carbocycles. The highest BCUT2D eigenvalue weighted by Gasteiger charge is 3.01. The van der Waals surface area contributed by atoms with E-state index in [0.29, 0.717) is 22.7 Å². The third-order valence-electron chi connectivity index (χ3n) is 8.62. The third-order valence-corrected chi connectivity index (χ3v) is 8.62. The Kier molecular flexibility index (Phi) is 1.59. The molecule has 9 atom stereocenters. The van der Waals surface area contributed by atoms with E-state index in [2.05, 4.69) is 24.3 Å². The standard InChI is InChI=1S/C20H20O3/c1-22-9-3-4-10(23-2)12-11(9)16-13-14-15(13)18-19(16)6-5-8(21)7-20(18,19)17(12)14/h3-6,8,13-18,21H,7H2,1-2H3/t8-,13+,14-,15-,16-,17-,18-,19-,20+/m1/s1. The summed E-state index contributed by atoms with van der Waals surface area (Å²) in [7, 11) is 3.58. The van der Waals surface area contributed by atoms with Crippen LogP contribution in [0.1, 0.15) is 29.4 Å². The number of aliphatic hydroxyl groups excluding tert-OH is 1. The molecule has 3 heteroatoms. The molecule has 2 spiro atoms. The lowest BCUT2D eigenvalue weighted by molar-refractivity contribution is 0.0875. The van der Waals surface area contributed by atoms with Crippen LogP contribution < -0.4 is 9.47 Å². The fraction of sp³-hybridized carbons (Fsp3) is 0.600. The Morgan fingerprint density at radius 1 is 1.00 bits per heavy atom. The maximum absolute atomic E-state index is 10.3. The number of aliphatic hydroxyl groups is 1. The highest BCUT2D eigenvalue weighted by molar-refractivity contribution is 5.70. The largest absolute Gasteiger partial charge is 0.496 e. The summed E-state index contributed by atoms with van der Waals surface area (Å²) < 4.78 is 11.5. The van der Waals surface area contributed by atoms with Crippen LogP contribution in [0.4, 0.5) is 0 Å². The molecule has 23 heavy (non-hydrogen) atoms. The Bertz CT molecular complexity index is 828. The van der Waals surface area contributed by atoms with Crippen LogP contribution >= 0.6 is 0 Å². The van der Waals surface area contributed by atoms with E-state index in [1.165, 1.54) is 11.1 Å². The highest BCUT2D eigenvalue weighted by atomic mass is 16.5. The van der Waals surface area contributed by atoms with Crippen molar-refractivity contribution in [1.82, 2.24) is 0 Å². The summed E-state index contributed by atoms with van der Waals surface area (Å²) in [5.74, 6) is 6.66. The molecule has 7 aliphatic rings. The summed E-state index contributed by atoms with van der Waals surface area (Å²) in [4.78, 5) is 0. The van der Waals surface area contributed by atoms with Crippen LogP contribution in [0.25, 0.3) is 0 Å². The lowest BCUT2D eigenvalue weighted by atomic mass is 9.53. The molecule has 1 N–H and O–H groups in total. The Balaban J connectivity index is 1.58. The first kappa shape index (κ1) is 12.0. The fourth-order valence-electron chi connectivity index (χ4n) is 8.58. The van der Waals surface area contributed by atoms with Gasteiger partial charge >= 0.3 is 0 Å². The van der Waals surface area contributed by atoms with Gasteiger partial charge in [0.1, 0.15) is 11.5 Å². The molecule has 8 rings (SSSR count). The monoisotopic (exact) mass is 308 g/mol. The van der Waals surface area contributed by atoms with Crippen molar-refractivity contribution >= 4 is 0 Å². The average Bonchev–Trinajstić information content (AvgIpc) is 3.36. The van der Waals surface area contributed by atoms with Gasteiger partial charge in [0.25, 0.3) is 0 Å². The van der Waals surface area contributed by atoms with Crippen molar-refractivity contribution in [2.75, 3.05) is 14.2 Å². The molecular weight excluding hydrogens is 288 g/mol. The van der Waals surface area contributed by atoms with Gasteiger partial charge in [0, 0.05) is 22.5 Å². The highest BCUT2D eigenvalue weighted by Crippen LogP contribution is 3.06. The van der Waals surface area contributed by atoms with Gasteiger partial charge in [-0.05, 0) is 53.6 Å². The van der Waals surface area contributed by atoms with Crippen molar-refractivity contribution in [3.05, 3.63) is 35.4 Å². The molecule has 1 aromatic rings. The van der Waals surface area contributed by atoms with Gasteiger partial charge in [0.2, 0.25) is 0 Å². The SMILES string of the molecule is COc1ccc(OC)c2c1[C@@H]1[C@H]3[C@@H]4[C@@H]3[C@@H]3[C@@]15C=C[C@@H](O)C[C@]35[C@H]24. The second-order valence-electron chi connectivity index (χ2n) is 8.57. The number of rotatable bonds is 2. The van der Waals surface area contributed by atoms with Crippen molar-refractivity contribution in [3.8, 4) is 11.5 Å². The number of hydrogen-bond donors (Lipinski definition) is 1. The van der Waals surface area contributed by atoms with E-state index >= 15 is 0 Å². The molecule has 0 unspecified atom stereocenters. The van der Waals surface area contributed by atoms with E-state index in [1.54, 1.807) is 14.2 Å². The maximum atomic E-state index is 10.3. The minimum Gasteiger partial charge on any atom is -0.496 e. The van der Waals surface area contributed by atoms with E-state index < -0.39 is 0 Å². The zero-order valence-corrected chi connectivity index (χ0v) is 13.3. The summed E-state index contributed by atoms with van der Waals surface area (Å²) in [5.41, 5.74) is 3.52. The molecule has 4 saturated carbocycles. The summed E-state index contributed by atoms with van der Waals surface area (Å²) in [6.45, 7) is 0. The second kappa shape index (κ2) is 3.06. The zero-order chi connectivity index (χ0) is 15.3. The van der Waals surface area contributed by atoms with Crippen LogP contribution in [0, 0.1) is 34.5 Å². The maximum Gasteiger partial charge on any atom is 0.122 e. The topological polar surface area (TPSA) is 38.7 Å². The lowest BCUT2D eigenvalue weighted by Gasteiger charge is -2.50. The first-order valence-corrected chi connectivity index (χ1v) is 8.84. The molecule has 0 aromatic heterocycles. The molecule has 118 valence electrons. The molecule has 0 saturated heterocycles. The first-order valence-electron chi connectivity index (χ1n) is 8.84. The molecule has 2 bridgehead atoms. The molecule has 0 aliphatic heterocycles. The van der Waals surface area contributed by atoms with E-state index in [0.717, 1.165) is 41.6 Å². The summed E-state index contributed by atoms with van der Waals surface area (Å²) in [6, 6.07) is 4.17. The van der Waals surface area contributed by atoms with Crippen molar-refractivity contribution in [3.63, 3.8) is 0 Å². The smallest absolute Gasteiger partial charge is 0.122 e. The molecule has 4 fully saturated rings. The van der Waals surface area contributed by atoms with Gasteiger partial charge in [-0.1, -0.05) is 12.2 Å². The van der Waals surface area contributed by atoms with Crippen LogP contribution in [-0.2, 0) is 0 Å². The van der Waals surface area contributed by atoms with Gasteiger partial charge in [0.15, 0.2) is 0 Å². The van der Waals surface area contributed by atoms with Crippen LogP contribution in [0.15, 0.2) is 24.3 Å². The Morgan fingerprint density at radius 2 is 1.65 bits per heavy atom. The Labute approximate surface area is 135 Å². The van der Waals surface area contributed by atoms with Crippen molar-refractivity contribution in [2.45, 2.75) is 24.4 Å². The van der Waals surface area contributed by atoms with Crippen LogP contribution in [0.3, 0.4) is 0 Å². The predicted octanol–water partition coefficient (Wildman–Crippen LogP) is 2.70. The predicted molar refractivity (Wildman–Crippen MR) is 83.6 cm³/mol. The van der Waals surface area contributed by atoms with Crippen LogP contribution in [-0.4, -0.2) is 25.4 Å². The molecule has 3 nitrogen and oxygen atoms in total. The van der Waals surface area contributed by atoms with Gasteiger partial charge in [-0.15, -0.1) is 0 Å². The molecule has 0 amide bonds.